The first kappa shape index (κ1) is 21.0. The molecule has 0 N–H and O–H groups in total. The third-order valence-electron chi connectivity index (χ3n) is 5.34. The second-order valence-corrected chi connectivity index (χ2v) is 10.2. The number of nitrogens with zero attached hydrogens (tertiary/aromatic N) is 3. The Labute approximate surface area is 199 Å². The Morgan fingerprint density at radius 3 is 2.65 bits per heavy atom. The van der Waals surface area contributed by atoms with Crippen LogP contribution in [0.1, 0.15) is 21.6 Å². The first-order valence-electron chi connectivity index (χ1n) is 9.41. The number of benzene rings is 2. The normalized spacial score (nSPS) is 12.8. The topological polar surface area (TPSA) is 30.7 Å². The van der Waals surface area contributed by atoms with Gasteiger partial charge < -0.3 is 4.57 Å². The predicted octanol–water partition coefficient (Wildman–Crippen LogP) is 6.99. The summed E-state index contributed by atoms with van der Waals surface area (Å²) in [5.41, 5.74) is 4.91. The molecular formula is C22H14ClF3IN3S. The Kier molecular flexibility index (Phi) is 5.34. The van der Waals surface area contributed by atoms with Gasteiger partial charge >= 0.3 is 6.18 Å². The van der Waals surface area contributed by atoms with Crippen LogP contribution in [0.2, 0.25) is 4.47 Å². The maximum atomic E-state index is 13.4. The van der Waals surface area contributed by atoms with Crippen LogP contribution in [0.5, 0.6) is 0 Å². The Hall–Kier alpha value is -1.91. The number of rotatable bonds is 4. The standard InChI is InChI=1S/C22H14ClF3IN3S/c23-21-29-10-13(31-21)11-30-7-6-28-20(30)19-12(9-22(24,25)26)4-5-15-14-2-1-3-18(27)16(14)8-17(15)19/h1-7,10H,8-9,11H2. The average molecular weight is 572 g/mol. The number of aromatic nitrogens is 3. The van der Waals surface area contributed by atoms with E-state index in [1.165, 1.54) is 11.3 Å². The van der Waals surface area contributed by atoms with Crippen LogP contribution < -0.4 is 0 Å². The van der Waals surface area contributed by atoms with Crippen molar-refractivity contribution >= 4 is 45.5 Å². The molecule has 3 nitrogen and oxygen atoms in total. The van der Waals surface area contributed by atoms with Gasteiger partial charge in [-0.3, -0.25) is 0 Å². The van der Waals surface area contributed by atoms with Crippen molar-refractivity contribution in [3.8, 4) is 22.5 Å². The van der Waals surface area contributed by atoms with Crippen LogP contribution in [0.4, 0.5) is 13.2 Å². The molecular weight excluding hydrogens is 558 g/mol. The number of fused-ring (bicyclic) bond motifs is 3. The van der Waals surface area contributed by atoms with E-state index in [-0.39, 0.29) is 5.56 Å². The summed E-state index contributed by atoms with van der Waals surface area (Å²) in [4.78, 5) is 9.46. The van der Waals surface area contributed by atoms with Gasteiger partial charge in [-0.25, -0.2) is 9.97 Å². The Bertz CT molecular complexity index is 1300. The minimum absolute atomic E-state index is 0.240. The second-order valence-electron chi connectivity index (χ2n) is 7.32. The predicted molar refractivity (Wildman–Crippen MR) is 125 cm³/mol. The Morgan fingerprint density at radius 1 is 1.10 bits per heavy atom. The van der Waals surface area contributed by atoms with Gasteiger partial charge in [0.05, 0.1) is 13.0 Å². The lowest BCUT2D eigenvalue weighted by molar-refractivity contribution is -0.127. The van der Waals surface area contributed by atoms with E-state index in [1.807, 2.05) is 28.8 Å². The molecule has 31 heavy (non-hydrogen) atoms. The largest absolute Gasteiger partial charge is 0.393 e. The van der Waals surface area contributed by atoms with E-state index in [2.05, 4.69) is 32.6 Å². The number of imidazole rings is 1. The van der Waals surface area contributed by atoms with Crippen molar-refractivity contribution in [2.45, 2.75) is 25.6 Å². The van der Waals surface area contributed by atoms with Crippen molar-refractivity contribution in [2.75, 3.05) is 0 Å². The molecule has 2 aromatic carbocycles. The number of hydrogen-bond donors (Lipinski definition) is 0. The van der Waals surface area contributed by atoms with E-state index in [0.717, 1.165) is 30.7 Å². The third kappa shape index (κ3) is 4.01. The highest BCUT2D eigenvalue weighted by atomic mass is 127. The van der Waals surface area contributed by atoms with E-state index < -0.39 is 12.6 Å². The van der Waals surface area contributed by atoms with E-state index in [4.69, 9.17) is 11.6 Å². The lowest BCUT2D eigenvalue weighted by atomic mass is 9.93. The molecule has 0 aliphatic heterocycles. The molecule has 0 atom stereocenters. The molecule has 4 aromatic rings. The van der Waals surface area contributed by atoms with Crippen LogP contribution in [0.25, 0.3) is 22.5 Å². The van der Waals surface area contributed by atoms with Crippen LogP contribution in [-0.4, -0.2) is 20.7 Å². The molecule has 0 amide bonds. The van der Waals surface area contributed by atoms with E-state index in [0.29, 0.717) is 28.8 Å². The summed E-state index contributed by atoms with van der Waals surface area (Å²) in [5.74, 6) is 0.531. The smallest absolute Gasteiger partial charge is 0.326 e. The van der Waals surface area contributed by atoms with E-state index in [9.17, 15) is 13.2 Å². The van der Waals surface area contributed by atoms with Crippen LogP contribution >= 0.6 is 45.5 Å². The van der Waals surface area contributed by atoms with Crippen LogP contribution in [0, 0.1) is 3.57 Å². The van der Waals surface area contributed by atoms with Gasteiger partial charge in [-0.15, -0.1) is 11.3 Å². The summed E-state index contributed by atoms with van der Waals surface area (Å²) in [7, 11) is 0. The number of thiazole rings is 1. The van der Waals surface area contributed by atoms with E-state index in [1.54, 1.807) is 24.7 Å². The Balaban J connectivity index is 1.68. The van der Waals surface area contributed by atoms with Crippen LogP contribution in [0.15, 0.2) is 48.9 Å². The highest BCUT2D eigenvalue weighted by Gasteiger charge is 2.33. The van der Waals surface area contributed by atoms with Crippen molar-refractivity contribution in [1.82, 2.24) is 14.5 Å². The summed E-state index contributed by atoms with van der Waals surface area (Å²) in [6, 6.07) is 9.45. The first-order valence-corrected chi connectivity index (χ1v) is 11.7. The molecule has 2 heterocycles. The average Bonchev–Trinajstić information content (AvgIpc) is 3.40. The molecule has 5 rings (SSSR count). The van der Waals surface area contributed by atoms with Gasteiger partial charge in [-0.2, -0.15) is 13.2 Å². The van der Waals surface area contributed by atoms with Gasteiger partial charge in [0.2, 0.25) is 0 Å². The molecule has 0 fully saturated rings. The fourth-order valence-electron chi connectivity index (χ4n) is 4.13. The molecule has 0 unspecified atom stereocenters. The van der Waals surface area contributed by atoms with Crippen molar-refractivity contribution in [2.24, 2.45) is 0 Å². The summed E-state index contributed by atoms with van der Waals surface area (Å²) in [5, 5.41) is 0. The highest BCUT2D eigenvalue weighted by molar-refractivity contribution is 14.1. The third-order valence-corrected chi connectivity index (χ3v) is 7.45. The van der Waals surface area contributed by atoms with Crippen molar-refractivity contribution in [1.29, 1.82) is 0 Å². The molecule has 0 saturated carbocycles. The zero-order valence-electron chi connectivity index (χ0n) is 15.9. The number of halogens is 5. The van der Waals surface area contributed by atoms with Gasteiger partial charge in [-0.1, -0.05) is 35.9 Å². The zero-order valence-corrected chi connectivity index (χ0v) is 19.6. The molecule has 0 saturated heterocycles. The second kappa shape index (κ2) is 7.90. The molecule has 1 aliphatic rings. The van der Waals surface area contributed by atoms with E-state index >= 15 is 0 Å². The fraction of sp³-hybridized carbons (Fsp3) is 0.182. The summed E-state index contributed by atoms with van der Waals surface area (Å²) in [6.07, 6.45) is 0.366. The lowest BCUT2D eigenvalue weighted by Gasteiger charge is -2.17. The monoisotopic (exact) mass is 571 g/mol. The van der Waals surface area contributed by atoms with Gasteiger partial charge in [0.15, 0.2) is 4.47 Å². The fourth-order valence-corrected chi connectivity index (χ4v) is 5.80. The quantitative estimate of drug-likeness (QED) is 0.218. The summed E-state index contributed by atoms with van der Waals surface area (Å²) >= 11 is 9.59. The maximum absolute atomic E-state index is 13.4. The van der Waals surface area contributed by atoms with Crippen LogP contribution in [-0.2, 0) is 19.4 Å². The molecule has 0 bridgehead atoms. The summed E-state index contributed by atoms with van der Waals surface area (Å²) < 4.78 is 43.7. The molecule has 1 aliphatic carbocycles. The van der Waals surface area contributed by atoms with Crippen LogP contribution in [0.3, 0.4) is 0 Å². The Morgan fingerprint density at radius 2 is 1.90 bits per heavy atom. The summed E-state index contributed by atoms with van der Waals surface area (Å²) in [6.45, 7) is 0.444. The van der Waals surface area contributed by atoms with Crippen molar-refractivity contribution in [3.05, 3.63) is 78.5 Å². The first-order chi connectivity index (χ1) is 14.8. The van der Waals surface area contributed by atoms with Gasteiger partial charge in [0, 0.05) is 39.0 Å². The van der Waals surface area contributed by atoms with Gasteiger partial charge in [-0.05, 0) is 56.5 Å². The van der Waals surface area contributed by atoms with Gasteiger partial charge in [0.25, 0.3) is 0 Å². The van der Waals surface area contributed by atoms with Crippen molar-refractivity contribution in [3.63, 3.8) is 0 Å². The lowest BCUT2D eigenvalue weighted by Crippen LogP contribution is -2.14. The van der Waals surface area contributed by atoms with Gasteiger partial charge in [0.1, 0.15) is 5.82 Å². The molecule has 9 heteroatoms. The van der Waals surface area contributed by atoms with Crippen molar-refractivity contribution < 1.29 is 13.2 Å². The molecule has 158 valence electrons. The highest BCUT2D eigenvalue weighted by Crippen LogP contribution is 2.45. The molecule has 0 radical (unpaired) electrons. The SMILES string of the molecule is FC(F)(F)Cc1ccc2c(c1-c1nccn1Cc1cnc(Cl)s1)Cc1c(I)cccc1-2. The molecule has 2 aromatic heterocycles. The maximum Gasteiger partial charge on any atom is 0.393 e. The minimum Gasteiger partial charge on any atom is -0.326 e. The minimum atomic E-state index is -4.31. The molecule has 0 spiro atoms. The number of hydrogen-bond acceptors (Lipinski definition) is 3. The zero-order chi connectivity index (χ0) is 21.8. The number of alkyl halides is 3.